The third-order valence-electron chi connectivity index (χ3n) is 3.42. The SMILES string of the molecule is Fc1ccc(-c2cc(NC3CCNCC3)n[nH]2)cc1. The standard InChI is InChI=1S/C14H17FN4/c15-11-3-1-10(2-4-11)13-9-14(19-18-13)17-12-5-7-16-8-6-12/h1-4,9,12,16H,5-8H2,(H2,17,18,19). The number of aromatic nitrogens is 2. The number of piperidine rings is 1. The third-order valence-corrected chi connectivity index (χ3v) is 3.42. The molecule has 5 heteroatoms. The predicted octanol–water partition coefficient (Wildman–Crippen LogP) is 2.38. The molecule has 19 heavy (non-hydrogen) atoms. The van der Waals surface area contributed by atoms with E-state index in [1.165, 1.54) is 12.1 Å². The summed E-state index contributed by atoms with van der Waals surface area (Å²) in [6, 6.07) is 8.85. The van der Waals surface area contributed by atoms with E-state index in [1.54, 1.807) is 12.1 Å². The van der Waals surface area contributed by atoms with E-state index >= 15 is 0 Å². The molecule has 1 aliphatic heterocycles. The van der Waals surface area contributed by atoms with Gasteiger partial charge in [0.15, 0.2) is 0 Å². The fourth-order valence-corrected chi connectivity index (χ4v) is 2.35. The first-order chi connectivity index (χ1) is 9.31. The van der Waals surface area contributed by atoms with Crippen molar-refractivity contribution in [2.75, 3.05) is 18.4 Å². The molecule has 1 saturated heterocycles. The van der Waals surface area contributed by atoms with Crippen LogP contribution in [0.15, 0.2) is 30.3 Å². The molecule has 0 aliphatic carbocycles. The number of aromatic amines is 1. The van der Waals surface area contributed by atoms with Gasteiger partial charge in [0.2, 0.25) is 0 Å². The Hall–Kier alpha value is -1.88. The molecule has 100 valence electrons. The van der Waals surface area contributed by atoms with Crippen molar-refractivity contribution in [1.29, 1.82) is 0 Å². The summed E-state index contributed by atoms with van der Waals surface area (Å²) in [4.78, 5) is 0. The molecule has 1 aromatic carbocycles. The zero-order valence-corrected chi connectivity index (χ0v) is 10.6. The topological polar surface area (TPSA) is 52.7 Å². The monoisotopic (exact) mass is 260 g/mol. The van der Waals surface area contributed by atoms with Gasteiger partial charge >= 0.3 is 0 Å². The summed E-state index contributed by atoms with van der Waals surface area (Å²) in [7, 11) is 0. The number of hydrogen-bond acceptors (Lipinski definition) is 3. The van der Waals surface area contributed by atoms with E-state index in [0.29, 0.717) is 6.04 Å². The minimum atomic E-state index is -0.226. The van der Waals surface area contributed by atoms with Gasteiger partial charge in [-0.15, -0.1) is 0 Å². The van der Waals surface area contributed by atoms with E-state index in [4.69, 9.17) is 0 Å². The minimum absolute atomic E-state index is 0.226. The molecule has 0 atom stereocenters. The molecule has 0 radical (unpaired) electrons. The van der Waals surface area contributed by atoms with Crippen molar-refractivity contribution in [3.63, 3.8) is 0 Å². The molecule has 1 fully saturated rings. The fourth-order valence-electron chi connectivity index (χ4n) is 2.35. The normalized spacial score (nSPS) is 16.5. The van der Waals surface area contributed by atoms with Gasteiger partial charge in [-0.25, -0.2) is 4.39 Å². The Morgan fingerprint density at radius 1 is 1.16 bits per heavy atom. The zero-order chi connectivity index (χ0) is 13.1. The van der Waals surface area contributed by atoms with E-state index in [2.05, 4.69) is 20.8 Å². The Labute approximate surface area is 111 Å². The van der Waals surface area contributed by atoms with Crippen LogP contribution < -0.4 is 10.6 Å². The highest BCUT2D eigenvalue weighted by molar-refractivity contribution is 5.62. The summed E-state index contributed by atoms with van der Waals surface area (Å²) in [5.74, 6) is 0.627. The Bertz CT molecular complexity index is 529. The maximum Gasteiger partial charge on any atom is 0.148 e. The number of benzene rings is 1. The molecule has 1 aliphatic rings. The lowest BCUT2D eigenvalue weighted by molar-refractivity contribution is 0.478. The number of H-pyrrole nitrogens is 1. The minimum Gasteiger partial charge on any atom is -0.366 e. The van der Waals surface area contributed by atoms with Crippen molar-refractivity contribution in [2.45, 2.75) is 18.9 Å². The van der Waals surface area contributed by atoms with E-state index in [-0.39, 0.29) is 5.82 Å². The number of nitrogens with one attached hydrogen (secondary N) is 3. The number of rotatable bonds is 3. The van der Waals surface area contributed by atoms with Crippen molar-refractivity contribution in [3.8, 4) is 11.3 Å². The Kier molecular flexibility index (Phi) is 3.46. The number of halogens is 1. The molecule has 2 heterocycles. The lowest BCUT2D eigenvalue weighted by Gasteiger charge is -2.23. The van der Waals surface area contributed by atoms with Gasteiger partial charge in [-0.1, -0.05) is 0 Å². The van der Waals surface area contributed by atoms with Crippen LogP contribution in [0.2, 0.25) is 0 Å². The molecule has 0 unspecified atom stereocenters. The fraction of sp³-hybridized carbons (Fsp3) is 0.357. The van der Waals surface area contributed by atoms with Crippen molar-refractivity contribution >= 4 is 5.82 Å². The number of nitrogens with zero attached hydrogens (tertiary/aromatic N) is 1. The van der Waals surface area contributed by atoms with Gasteiger partial charge < -0.3 is 10.6 Å². The van der Waals surface area contributed by atoms with Crippen LogP contribution in [0.1, 0.15) is 12.8 Å². The number of anilines is 1. The van der Waals surface area contributed by atoms with Crippen LogP contribution in [0.3, 0.4) is 0 Å². The first-order valence-corrected chi connectivity index (χ1v) is 6.60. The van der Waals surface area contributed by atoms with Gasteiger partial charge in [-0.05, 0) is 55.8 Å². The van der Waals surface area contributed by atoms with Crippen molar-refractivity contribution in [2.24, 2.45) is 0 Å². The van der Waals surface area contributed by atoms with Crippen molar-refractivity contribution in [1.82, 2.24) is 15.5 Å². The van der Waals surface area contributed by atoms with Crippen LogP contribution in [-0.2, 0) is 0 Å². The summed E-state index contributed by atoms with van der Waals surface area (Å²) in [6.45, 7) is 2.10. The molecule has 0 saturated carbocycles. The van der Waals surface area contributed by atoms with Crippen molar-refractivity contribution in [3.05, 3.63) is 36.1 Å². The van der Waals surface area contributed by atoms with Crippen LogP contribution in [0.4, 0.5) is 10.2 Å². The largest absolute Gasteiger partial charge is 0.366 e. The van der Waals surface area contributed by atoms with E-state index < -0.39 is 0 Å². The lowest BCUT2D eigenvalue weighted by Crippen LogP contribution is -2.35. The second-order valence-corrected chi connectivity index (χ2v) is 4.84. The van der Waals surface area contributed by atoms with Gasteiger partial charge in [0.25, 0.3) is 0 Å². The highest BCUT2D eigenvalue weighted by atomic mass is 19.1. The average Bonchev–Trinajstić information content (AvgIpc) is 2.89. The van der Waals surface area contributed by atoms with E-state index in [0.717, 1.165) is 43.0 Å². The van der Waals surface area contributed by atoms with E-state index in [1.807, 2.05) is 6.07 Å². The highest BCUT2D eigenvalue weighted by Crippen LogP contribution is 2.21. The van der Waals surface area contributed by atoms with Gasteiger partial charge in [0, 0.05) is 12.1 Å². The van der Waals surface area contributed by atoms with Crippen LogP contribution >= 0.6 is 0 Å². The summed E-state index contributed by atoms with van der Waals surface area (Å²) in [5, 5.41) is 14.0. The average molecular weight is 260 g/mol. The summed E-state index contributed by atoms with van der Waals surface area (Å²) < 4.78 is 12.9. The molecule has 4 nitrogen and oxygen atoms in total. The molecule has 0 spiro atoms. The molecular weight excluding hydrogens is 243 g/mol. The first kappa shape index (κ1) is 12.2. The predicted molar refractivity (Wildman–Crippen MR) is 73.5 cm³/mol. The van der Waals surface area contributed by atoms with Crippen LogP contribution in [0.5, 0.6) is 0 Å². The van der Waals surface area contributed by atoms with Crippen molar-refractivity contribution < 1.29 is 4.39 Å². The maximum atomic E-state index is 12.9. The van der Waals surface area contributed by atoms with Gasteiger partial charge in [0.05, 0.1) is 5.69 Å². The Morgan fingerprint density at radius 2 is 1.89 bits per heavy atom. The maximum absolute atomic E-state index is 12.9. The smallest absolute Gasteiger partial charge is 0.148 e. The molecule has 2 aromatic rings. The summed E-state index contributed by atoms with van der Waals surface area (Å²) >= 11 is 0. The van der Waals surface area contributed by atoms with Crippen LogP contribution in [0.25, 0.3) is 11.3 Å². The second-order valence-electron chi connectivity index (χ2n) is 4.84. The van der Waals surface area contributed by atoms with E-state index in [9.17, 15) is 4.39 Å². The second kappa shape index (κ2) is 5.40. The third kappa shape index (κ3) is 2.93. The Balaban J connectivity index is 1.70. The number of hydrogen-bond donors (Lipinski definition) is 3. The lowest BCUT2D eigenvalue weighted by atomic mass is 10.1. The molecule has 1 aromatic heterocycles. The molecular formula is C14H17FN4. The zero-order valence-electron chi connectivity index (χ0n) is 10.6. The first-order valence-electron chi connectivity index (χ1n) is 6.60. The van der Waals surface area contributed by atoms with Crippen LogP contribution in [-0.4, -0.2) is 29.3 Å². The molecule has 0 bridgehead atoms. The van der Waals surface area contributed by atoms with Gasteiger partial charge in [0.1, 0.15) is 11.6 Å². The summed E-state index contributed by atoms with van der Waals surface area (Å²) in [5.41, 5.74) is 1.84. The molecule has 3 rings (SSSR count). The summed E-state index contributed by atoms with van der Waals surface area (Å²) in [6.07, 6.45) is 2.22. The highest BCUT2D eigenvalue weighted by Gasteiger charge is 2.14. The molecule has 3 N–H and O–H groups in total. The van der Waals surface area contributed by atoms with Gasteiger partial charge in [-0.2, -0.15) is 5.10 Å². The van der Waals surface area contributed by atoms with Crippen LogP contribution in [0, 0.1) is 5.82 Å². The van der Waals surface area contributed by atoms with Gasteiger partial charge in [-0.3, -0.25) is 5.10 Å². The quantitative estimate of drug-likeness (QED) is 0.794. The molecule has 0 amide bonds. The Morgan fingerprint density at radius 3 is 2.63 bits per heavy atom.